The van der Waals surface area contributed by atoms with Crippen molar-refractivity contribution in [1.29, 1.82) is 0 Å². The third-order valence-corrected chi connectivity index (χ3v) is 3.81. The molecule has 17 heavy (non-hydrogen) atoms. The summed E-state index contributed by atoms with van der Waals surface area (Å²) >= 11 is 0. The van der Waals surface area contributed by atoms with Crippen LogP contribution in [0.2, 0.25) is 0 Å². The maximum Gasteiger partial charge on any atom is 0.0176 e. The number of rotatable bonds is 5. The molecule has 0 heterocycles. The van der Waals surface area contributed by atoms with Crippen LogP contribution in [0, 0.1) is 6.92 Å². The Labute approximate surface area is 106 Å². The SMILES string of the molecule is CCCN(CCC)C1Cc2ccc(C)cc2C1. The van der Waals surface area contributed by atoms with E-state index >= 15 is 0 Å². The zero-order valence-electron chi connectivity index (χ0n) is 11.5. The monoisotopic (exact) mass is 231 g/mol. The van der Waals surface area contributed by atoms with E-state index < -0.39 is 0 Å². The lowest BCUT2D eigenvalue weighted by molar-refractivity contribution is 0.202. The van der Waals surface area contributed by atoms with Gasteiger partial charge in [-0.3, -0.25) is 4.90 Å². The van der Waals surface area contributed by atoms with Gasteiger partial charge in [-0.1, -0.05) is 37.6 Å². The Morgan fingerprint density at radius 2 is 1.71 bits per heavy atom. The van der Waals surface area contributed by atoms with Gasteiger partial charge in [0.25, 0.3) is 0 Å². The molecule has 0 fully saturated rings. The Bertz CT molecular complexity index is 364. The van der Waals surface area contributed by atoms with Crippen molar-refractivity contribution >= 4 is 0 Å². The first-order valence-corrected chi connectivity index (χ1v) is 7.07. The van der Waals surface area contributed by atoms with Gasteiger partial charge in [-0.25, -0.2) is 0 Å². The van der Waals surface area contributed by atoms with Crippen LogP contribution < -0.4 is 0 Å². The number of nitrogens with zero attached hydrogens (tertiary/aromatic N) is 1. The maximum absolute atomic E-state index is 2.69. The van der Waals surface area contributed by atoms with E-state index in [2.05, 4.69) is 43.9 Å². The molecule has 0 amide bonds. The van der Waals surface area contributed by atoms with Gasteiger partial charge in [-0.05, 0) is 56.8 Å². The smallest absolute Gasteiger partial charge is 0.0176 e. The third kappa shape index (κ3) is 2.90. The molecule has 0 bridgehead atoms. The predicted molar refractivity (Wildman–Crippen MR) is 74.5 cm³/mol. The standard InChI is InChI=1S/C16H25N/c1-4-8-17(9-5-2)16-11-14-7-6-13(3)10-15(14)12-16/h6-7,10,16H,4-5,8-9,11-12H2,1-3H3. The van der Waals surface area contributed by atoms with Crippen molar-refractivity contribution in [2.45, 2.75) is 52.5 Å². The first kappa shape index (κ1) is 12.6. The molecule has 1 aromatic rings. The van der Waals surface area contributed by atoms with Crippen molar-refractivity contribution in [3.63, 3.8) is 0 Å². The molecule has 0 saturated heterocycles. The van der Waals surface area contributed by atoms with E-state index in [0.29, 0.717) is 0 Å². The van der Waals surface area contributed by atoms with Crippen LogP contribution in [0.25, 0.3) is 0 Å². The Morgan fingerprint density at radius 1 is 1.06 bits per heavy atom. The van der Waals surface area contributed by atoms with Crippen LogP contribution in [0.5, 0.6) is 0 Å². The molecule has 0 aromatic heterocycles. The molecule has 0 saturated carbocycles. The van der Waals surface area contributed by atoms with Crippen LogP contribution in [0.4, 0.5) is 0 Å². The number of hydrogen-bond acceptors (Lipinski definition) is 1. The lowest BCUT2D eigenvalue weighted by Crippen LogP contribution is -2.37. The molecule has 1 aliphatic carbocycles. The highest BCUT2D eigenvalue weighted by atomic mass is 15.1. The van der Waals surface area contributed by atoms with E-state index in [-0.39, 0.29) is 0 Å². The van der Waals surface area contributed by atoms with Gasteiger partial charge in [-0.15, -0.1) is 0 Å². The van der Waals surface area contributed by atoms with Crippen LogP contribution >= 0.6 is 0 Å². The molecule has 0 N–H and O–H groups in total. The van der Waals surface area contributed by atoms with E-state index in [4.69, 9.17) is 0 Å². The van der Waals surface area contributed by atoms with E-state index in [9.17, 15) is 0 Å². The average molecular weight is 231 g/mol. The van der Waals surface area contributed by atoms with E-state index in [1.54, 1.807) is 11.1 Å². The quantitative estimate of drug-likeness (QED) is 0.748. The summed E-state index contributed by atoms with van der Waals surface area (Å²) in [5.41, 5.74) is 4.58. The summed E-state index contributed by atoms with van der Waals surface area (Å²) in [6, 6.07) is 7.73. The Balaban J connectivity index is 2.07. The molecular weight excluding hydrogens is 206 g/mol. The zero-order chi connectivity index (χ0) is 12.3. The first-order valence-electron chi connectivity index (χ1n) is 7.07. The number of aryl methyl sites for hydroxylation is 1. The second-order valence-corrected chi connectivity index (χ2v) is 5.37. The fraction of sp³-hybridized carbons (Fsp3) is 0.625. The number of fused-ring (bicyclic) bond motifs is 1. The fourth-order valence-corrected chi connectivity index (χ4v) is 3.03. The summed E-state index contributed by atoms with van der Waals surface area (Å²) in [5.74, 6) is 0. The molecule has 1 aromatic carbocycles. The minimum atomic E-state index is 0.756. The zero-order valence-corrected chi connectivity index (χ0v) is 11.5. The molecule has 0 radical (unpaired) electrons. The van der Waals surface area contributed by atoms with Gasteiger partial charge in [-0.2, -0.15) is 0 Å². The summed E-state index contributed by atoms with van der Waals surface area (Å²) in [6.45, 7) is 9.28. The molecule has 94 valence electrons. The van der Waals surface area contributed by atoms with Crippen LogP contribution in [-0.4, -0.2) is 24.0 Å². The lowest BCUT2D eigenvalue weighted by atomic mass is 10.1. The predicted octanol–water partition coefficient (Wildman–Crippen LogP) is 3.58. The van der Waals surface area contributed by atoms with Gasteiger partial charge in [0.05, 0.1) is 0 Å². The van der Waals surface area contributed by atoms with Gasteiger partial charge in [0.1, 0.15) is 0 Å². The van der Waals surface area contributed by atoms with Crippen molar-refractivity contribution in [3.05, 3.63) is 34.9 Å². The van der Waals surface area contributed by atoms with Crippen LogP contribution in [0.3, 0.4) is 0 Å². The average Bonchev–Trinajstić information content (AvgIpc) is 2.71. The summed E-state index contributed by atoms with van der Waals surface area (Å²) in [4.78, 5) is 2.69. The summed E-state index contributed by atoms with van der Waals surface area (Å²) in [5, 5.41) is 0. The second kappa shape index (κ2) is 5.68. The second-order valence-electron chi connectivity index (χ2n) is 5.37. The van der Waals surface area contributed by atoms with Gasteiger partial charge in [0, 0.05) is 6.04 Å². The van der Waals surface area contributed by atoms with Crippen molar-refractivity contribution in [3.8, 4) is 0 Å². The van der Waals surface area contributed by atoms with Gasteiger partial charge < -0.3 is 0 Å². The molecule has 1 atom stereocenters. The highest BCUT2D eigenvalue weighted by Crippen LogP contribution is 2.26. The number of benzene rings is 1. The van der Waals surface area contributed by atoms with Gasteiger partial charge in [0.2, 0.25) is 0 Å². The minimum absolute atomic E-state index is 0.756. The minimum Gasteiger partial charge on any atom is -0.300 e. The Hall–Kier alpha value is -0.820. The fourth-order valence-electron chi connectivity index (χ4n) is 3.03. The Kier molecular flexibility index (Phi) is 4.22. The summed E-state index contributed by atoms with van der Waals surface area (Å²) in [6.07, 6.45) is 5.06. The Morgan fingerprint density at radius 3 is 2.35 bits per heavy atom. The molecule has 1 unspecified atom stereocenters. The molecule has 1 aliphatic rings. The van der Waals surface area contributed by atoms with Crippen molar-refractivity contribution in [2.75, 3.05) is 13.1 Å². The first-order chi connectivity index (χ1) is 8.24. The largest absolute Gasteiger partial charge is 0.300 e. The normalized spacial score (nSPS) is 18.7. The van der Waals surface area contributed by atoms with Crippen LogP contribution in [0.1, 0.15) is 43.4 Å². The molecule has 1 nitrogen and oxygen atoms in total. The summed E-state index contributed by atoms with van der Waals surface area (Å²) < 4.78 is 0. The highest BCUT2D eigenvalue weighted by Gasteiger charge is 2.25. The van der Waals surface area contributed by atoms with E-state index in [0.717, 1.165) is 6.04 Å². The van der Waals surface area contributed by atoms with Gasteiger partial charge >= 0.3 is 0 Å². The van der Waals surface area contributed by atoms with E-state index in [1.807, 2.05) is 0 Å². The summed E-state index contributed by atoms with van der Waals surface area (Å²) in [7, 11) is 0. The van der Waals surface area contributed by atoms with Crippen molar-refractivity contribution in [2.24, 2.45) is 0 Å². The molecule has 0 spiro atoms. The maximum atomic E-state index is 2.69. The topological polar surface area (TPSA) is 3.24 Å². The highest BCUT2D eigenvalue weighted by molar-refractivity contribution is 5.36. The van der Waals surface area contributed by atoms with Crippen molar-refractivity contribution < 1.29 is 0 Å². The van der Waals surface area contributed by atoms with Crippen LogP contribution in [0.15, 0.2) is 18.2 Å². The lowest BCUT2D eigenvalue weighted by Gasteiger charge is -2.27. The van der Waals surface area contributed by atoms with Gasteiger partial charge in [0.15, 0.2) is 0 Å². The molecule has 2 rings (SSSR count). The molecule has 0 aliphatic heterocycles. The van der Waals surface area contributed by atoms with E-state index in [1.165, 1.54) is 44.3 Å². The van der Waals surface area contributed by atoms with Crippen molar-refractivity contribution in [1.82, 2.24) is 4.90 Å². The third-order valence-electron chi connectivity index (χ3n) is 3.81. The van der Waals surface area contributed by atoms with Crippen LogP contribution in [-0.2, 0) is 12.8 Å². The number of hydrogen-bond donors (Lipinski definition) is 0. The molecule has 1 heteroatoms. The molecular formula is C16H25N.